The highest BCUT2D eigenvalue weighted by Gasteiger charge is 2.13. The minimum Gasteiger partial charge on any atom is -0.482 e. The maximum absolute atomic E-state index is 13.4. The zero-order chi connectivity index (χ0) is 35.1. The molecule has 1 aromatic heterocycles. The number of ether oxygens (including phenoxy) is 1. The van der Waals surface area contributed by atoms with E-state index in [9.17, 15) is 14.4 Å². The van der Waals surface area contributed by atoms with E-state index in [1.54, 1.807) is 24.3 Å². The molecule has 50 heavy (non-hydrogen) atoms. The SMILES string of the molecule is CCCCCc1ccc(CNC(=O)c2ccc(-c3nc(C/C=C(/C(=O)NCc4ccc(OCC(=O)O)cc4)c4ccccc4)cs3)cc2)cc1. The van der Waals surface area contributed by atoms with Gasteiger partial charge in [0.25, 0.3) is 11.8 Å². The van der Waals surface area contributed by atoms with Crippen LogP contribution in [0.15, 0.2) is 115 Å². The molecule has 5 rings (SSSR count). The van der Waals surface area contributed by atoms with E-state index in [-0.39, 0.29) is 11.8 Å². The van der Waals surface area contributed by atoms with Gasteiger partial charge in [0.05, 0.1) is 5.69 Å². The number of benzene rings is 4. The van der Waals surface area contributed by atoms with Crippen molar-refractivity contribution in [1.29, 1.82) is 0 Å². The number of carboxylic acids is 1. The molecule has 8 nitrogen and oxygen atoms in total. The summed E-state index contributed by atoms with van der Waals surface area (Å²) in [6, 6.07) is 32.3. The Bertz CT molecular complexity index is 1880. The molecule has 3 N–H and O–H groups in total. The van der Waals surface area contributed by atoms with Crippen molar-refractivity contribution in [2.45, 2.75) is 52.1 Å². The van der Waals surface area contributed by atoms with E-state index in [1.165, 1.54) is 36.2 Å². The first-order valence-electron chi connectivity index (χ1n) is 16.8. The van der Waals surface area contributed by atoms with Gasteiger partial charge in [0.15, 0.2) is 6.61 Å². The first kappa shape index (κ1) is 35.8. The number of nitrogens with zero attached hydrogens (tertiary/aromatic N) is 1. The van der Waals surface area contributed by atoms with Crippen LogP contribution in [0.4, 0.5) is 0 Å². The molecule has 256 valence electrons. The van der Waals surface area contributed by atoms with Crippen LogP contribution in [-0.2, 0) is 35.5 Å². The average molecular weight is 688 g/mol. The van der Waals surface area contributed by atoms with Gasteiger partial charge in [-0.25, -0.2) is 9.78 Å². The van der Waals surface area contributed by atoms with E-state index in [0.29, 0.717) is 36.4 Å². The van der Waals surface area contributed by atoms with Crippen molar-refractivity contribution < 1.29 is 24.2 Å². The molecule has 1 heterocycles. The monoisotopic (exact) mass is 687 g/mol. The molecule has 5 aromatic rings. The second-order valence-corrected chi connectivity index (χ2v) is 12.7. The second kappa shape index (κ2) is 18.3. The molecule has 0 fully saturated rings. The molecule has 0 unspecified atom stereocenters. The lowest BCUT2D eigenvalue weighted by Gasteiger charge is -2.10. The van der Waals surface area contributed by atoms with E-state index in [2.05, 4.69) is 41.8 Å². The number of aryl methyl sites for hydroxylation is 1. The molecule has 0 atom stereocenters. The molecule has 0 saturated carbocycles. The first-order chi connectivity index (χ1) is 24.4. The zero-order valence-corrected chi connectivity index (χ0v) is 28.9. The summed E-state index contributed by atoms with van der Waals surface area (Å²) >= 11 is 1.52. The predicted octanol–water partition coefficient (Wildman–Crippen LogP) is 7.88. The number of hydrogen-bond donors (Lipinski definition) is 3. The third-order valence-corrected chi connectivity index (χ3v) is 9.01. The Balaban J connectivity index is 1.16. The van der Waals surface area contributed by atoms with Crippen molar-refractivity contribution >= 4 is 34.7 Å². The lowest BCUT2D eigenvalue weighted by atomic mass is 10.0. The number of carboxylic acid groups (broad SMARTS) is 1. The van der Waals surface area contributed by atoms with Gasteiger partial charge in [0.2, 0.25) is 0 Å². The highest BCUT2D eigenvalue weighted by Crippen LogP contribution is 2.25. The summed E-state index contributed by atoms with van der Waals surface area (Å²) in [5, 5.41) is 17.6. The topological polar surface area (TPSA) is 118 Å². The zero-order valence-electron chi connectivity index (χ0n) is 28.1. The van der Waals surface area contributed by atoms with Crippen LogP contribution < -0.4 is 15.4 Å². The highest BCUT2D eigenvalue weighted by molar-refractivity contribution is 7.13. The highest BCUT2D eigenvalue weighted by atomic mass is 32.1. The predicted molar refractivity (Wildman–Crippen MR) is 198 cm³/mol. The lowest BCUT2D eigenvalue weighted by Crippen LogP contribution is -2.24. The summed E-state index contributed by atoms with van der Waals surface area (Å²) in [4.78, 5) is 41.7. The number of hydrogen-bond acceptors (Lipinski definition) is 6. The Morgan fingerprint density at radius 2 is 1.44 bits per heavy atom. The molecule has 0 aliphatic rings. The summed E-state index contributed by atoms with van der Waals surface area (Å²) in [6.07, 6.45) is 7.09. The van der Waals surface area contributed by atoms with Crippen LogP contribution in [0.2, 0.25) is 0 Å². The first-order valence-corrected chi connectivity index (χ1v) is 17.6. The number of amides is 2. The van der Waals surface area contributed by atoms with E-state index in [4.69, 9.17) is 14.8 Å². The largest absolute Gasteiger partial charge is 0.482 e. The standard InChI is InChI=1S/C41H41N3O5S/c1-2-3-5-8-29-11-13-30(14-12-29)25-42-39(47)33-17-19-34(20-18-33)41-44-35(28-50-41)21-24-37(32-9-6-4-7-10-32)40(48)43-26-31-15-22-36(23-16-31)49-27-38(45)46/h4,6-7,9-20,22-24,28H,2-3,5,8,21,25-27H2,1H3,(H,42,47)(H,43,48)(H,45,46)/b37-24+. The molecule has 0 aliphatic carbocycles. The van der Waals surface area contributed by atoms with Gasteiger partial charge in [-0.2, -0.15) is 0 Å². The van der Waals surface area contributed by atoms with Crippen LogP contribution in [0.25, 0.3) is 16.1 Å². The van der Waals surface area contributed by atoms with Crippen LogP contribution in [0.1, 0.15) is 64.5 Å². The number of rotatable bonds is 17. The quantitative estimate of drug-likeness (QED) is 0.0677. The molecular formula is C41H41N3O5S. The number of aliphatic carboxylic acids is 1. The molecule has 0 aliphatic heterocycles. The summed E-state index contributed by atoms with van der Waals surface area (Å²) in [5.74, 6) is -0.939. The average Bonchev–Trinajstić information content (AvgIpc) is 3.63. The number of allylic oxidation sites excluding steroid dienone is 1. The smallest absolute Gasteiger partial charge is 0.341 e. The molecule has 0 saturated heterocycles. The fourth-order valence-corrected chi connectivity index (χ4v) is 6.12. The molecule has 0 spiro atoms. The van der Waals surface area contributed by atoms with Crippen molar-refractivity contribution in [3.05, 3.63) is 148 Å². The van der Waals surface area contributed by atoms with Gasteiger partial charge in [-0.15, -0.1) is 11.3 Å². The van der Waals surface area contributed by atoms with Crippen LogP contribution in [-0.4, -0.2) is 34.5 Å². The maximum atomic E-state index is 13.4. The molecule has 9 heteroatoms. The Morgan fingerprint density at radius 3 is 2.12 bits per heavy atom. The summed E-state index contributed by atoms with van der Waals surface area (Å²) in [5.41, 5.74) is 6.93. The Kier molecular flexibility index (Phi) is 13.1. The normalized spacial score (nSPS) is 11.2. The fourth-order valence-electron chi connectivity index (χ4n) is 5.28. The minimum atomic E-state index is -1.05. The number of thiazole rings is 1. The molecule has 4 aromatic carbocycles. The van der Waals surface area contributed by atoms with Gasteiger partial charge in [-0.05, 0) is 59.4 Å². The maximum Gasteiger partial charge on any atom is 0.341 e. The molecule has 2 amide bonds. The van der Waals surface area contributed by atoms with Crippen LogP contribution >= 0.6 is 11.3 Å². The van der Waals surface area contributed by atoms with Crippen molar-refractivity contribution in [3.8, 4) is 16.3 Å². The van der Waals surface area contributed by atoms with Gasteiger partial charge < -0.3 is 20.5 Å². The molecule has 0 bridgehead atoms. The number of nitrogens with one attached hydrogen (secondary N) is 2. The third kappa shape index (κ3) is 10.7. The Morgan fingerprint density at radius 1 is 0.780 bits per heavy atom. The van der Waals surface area contributed by atoms with Crippen LogP contribution in [0.3, 0.4) is 0 Å². The summed E-state index contributed by atoms with van der Waals surface area (Å²) in [6.45, 7) is 2.56. The molecular weight excluding hydrogens is 647 g/mol. The van der Waals surface area contributed by atoms with E-state index in [0.717, 1.165) is 39.4 Å². The van der Waals surface area contributed by atoms with E-state index >= 15 is 0 Å². The van der Waals surface area contributed by atoms with Gasteiger partial charge in [0, 0.05) is 41.6 Å². The van der Waals surface area contributed by atoms with E-state index < -0.39 is 12.6 Å². The summed E-state index contributed by atoms with van der Waals surface area (Å²) < 4.78 is 5.18. The van der Waals surface area contributed by atoms with Crippen molar-refractivity contribution in [3.63, 3.8) is 0 Å². The number of carbonyl (C=O) groups is 3. The van der Waals surface area contributed by atoms with Gasteiger partial charge in [-0.3, -0.25) is 9.59 Å². The van der Waals surface area contributed by atoms with Crippen LogP contribution in [0, 0.1) is 0 Å². The van der Waals surface area contributed by atoms with E-state index in [1.807, 2.05) is 66.1 Å². The minimum absolute atomic E-state index is 0.123. The van der Waals surface area contributed by atoms with Crippen molar-refractivity contribution in [1.82, 2.24) is 15.6 Å². The third-order valence-electron chi connectivity index (χ3n) is 8.07. The van der Waals surface area contributed by atoms with Gasteiger partial charge >= 0.3 is 5.97 Å². The second-order valence-electron chi connectivity index (χ2n) is 11.9. The number of unbranched alkanes of at least 4 members (excludes halogenated alkanes) is 2. The molecule has 0 radical (unpaired) electrons. The number of carbonyl (C=O) groups excluding carboxylic acids is 2. The van der Waals surface area contributed by atoms with Gasteiger partial charge in [0.1, 0.15) is 10.8 Å². The summed E-state index contributed by atoms with van der Waals surface area (Å²) in [7, 11) is 0. The van der Waals surface area contributed by atoms with Crippen molar-refractivity contribution in [2.75, 3.05) is 6.61 Å². The number of aromatic nitrogens is 1. The Labute approximate surface area is 296 Å². The van der Waals surface area contributed by atoms with Gasteiger partial charge in [-0.1, -0.05) is 105 Å². The fraction of sp³-hybridized carbons (Fsp3) is 0.220. The Hall–Kier alpha value is -5.54. The lowest BCUT2D eigenvalue weighted by molar-refractivity contribution is -0.139. The van der Waals surface area contributed by atoms with Crippen LogP contribution in [0.5, 0.6) is 5.75 Å². The van der Waals surface area contributed by atoms with Crippen molar-refractivity contribution in [2.24, 2.45) is 0 Å².